The first-order valence-electron chi connectivity index (χ1n) is 5.62. The van der Waals surface area contributed by atoms with Crippen LogP contribution in [0.15, 0.2) is 36.7 Å². The Balaban J connectivity index is 2.34. The van der Waals surface area contributed by atoms with Crippen molar-refractivity contribution >= 4 is 5.91 Å². The second-order valence-corrected chi connectivity index (χ2v) is 4.06. The lowest BCUT2D eigenvalue weighted by atomic mass is 10.1. The lowest BCUT2D eigenvalue weighted by Gasteiger charge is -2.14. The van der Waals surface area contributed by atoms with Crippen molar-refractivity contribution in [2.75, 3.05) is 0 Å². The highest BCUT2D eigenvalue weighted by Gasteiger charge is 2.14. The Labute approximate surface area is 105 Å². The number of rotatable bonds is 4. The summed E-state index contributed by atoms with van der Waals surface area (Å²) in [7, 11) is 1.85. The molecule has 0 aliphatic carbocycles. The molecule has 5 heteroatoms. The second kappa shape index (κ2) is 4.91. The van der Waals surface area contributed by atoms with E-state index >= 15 is 0 Å². The molecule has 0 aliphatic heterocycles. The number of hydrogen-bond donors (Lipinski definition) is 1. The molecule has 0 saturated heterocycles. The number of nitrogens with zero attached hydrogens (tertiary/aromatic N) is 2. The number of primary amides is 1. The van der Waals surface area contributed by atoms with Gasteiger partial charge in [0.15, 0.2) is 6.10 Å². The van der Waals surface area contributed by atoms with Crippen LogP contribution in [-0.2, 0) is 11.8 Å². The van der Waals surface area contributed by atoms with Gasteiger partial charge in [-0.2, -0.15) is 5.10 Å². The number of benzene rings is 1. The Hall–Kier alpha value is -2.30. The van der Waals surface area contributed by atoms with Crippen LogP contribution in [0.2, 0.25) is 0 Å². The van der Waals surface area contributed by atoms with Crippen LogP contribution in [0.1, 0.15) is 6.92 Å². The summed E-state index contributed by atoms with van der Waals surface area (Å²) >= 11 is 0. The van der Waals surface area contributed by atoms with Gasteiger partial charge in [0.25, 0.3) is 5.91 Å². The highest BCUT2D eigenvalue weighted by atomic mass is 16.5. The van der Waals surface area contributed by atoms with Crippen LogP contribution >= 0.6 is 0 Å². The molecule has 0 fully saturated rings. The summed E-state index contributed by atoms with van der Waals surface area (Å²) in [4.78, 5) is 11.0. The van der Waals surface area contributed by atoms with E-state index in [2.05, 4.69) is 5.10 Å². The molecule has 2 rings (SSSR count). The zero-order valence-electron chi connectivity index (χ0n) is 10.3. The van der Waals surface area contributed by atoms with Gasteiger partial charge in [0.05, 0.1) is 6.20 Å². The molecule has 2 aromatic rings. The van der Waals surface area contributed by atoms with E-state index in [-0.39, 0.29) is 0 Å². The molecule has 1 aromatic heterocycles. The molecule has 2 N–H and O–H groups in total. The number of ether oxygens (including phenoxy) is 1. The van der Waals surface area contributed by atoms with Gasteiger partial charge in [0.2, 0.25) is 0 Å². The van der Waals surface area contributed by atoms with Crippen LogP contribution in [0.4, 0.5) is 0 Å². The van der Waals surface area contributed by atoms with E-state index in [1.165, 1.54) is 0 Å². The van der Waals surface area contributed by atoms with Crippen molar-refractivity contribution in [1.82, 2.24) is 9.78 Å². The molecule has 1 atom stereocenters. The Morgan fingerprint density at radius 2 is 2.17 bits per heavy atom. The van der Waals surface area contributed by atoms with Crippen LogP contribution in [0, 0.1) is 0 Å². The third-order valence-corrected chi connectivity index (χ3v) is 2.61. The van der Waals surface area contributed by atoms with E-state index in [0.29, 0.717) is 5.75 Å². The summed E-state index contributed by atoms with van der Waals surface area (Å²) in [5, 5.41) is 4.12. The summed E-state index contributed by atoms with van der Waals surface area (Å²) < 4.78 is 7.27. The van der Waals surface area contributed by atoms with Gasteiger partial charge >= 0.3 is 0 Å². The third kappa shape index (κ3) is 2.51. The molecule has 1 amide bonds. The van der Waals surface area contributed by atoms with Gasteiger partial charge < -0.3 is 10.5 Å². The molecule has 0 saturated carbocycles. The smallest absolute Gasteiger partial charge is 0.258 e. The Kier molecular flexibility index (Phi) is 3.32. The van der Waals surface area contributed by atoms with Crippen molar-refractivity contribution in [2.24, 2.45) is 12.8 Å². The van der Waals surface area contributed by atoms with Crippen molar-refractivity contribution in [3.05, 3.63) is 36.7 Å². The zero-order valence-corrected chi connectivity index (χ0v) is 10.3. The van der Waals surface area contributed by atoms with E-state index in [4.69, 9.17) is 10.5 Å². The van der Waals surface area contributed by atoms with Gasteiger partial charge in [-0.05, 0) is 13.0 Å². The van der Waals surface area contributed by atoms with Gasteiger partial charge in [-0.25, -0.2) is 0 Å². The number of aryl methyl sites for hydroxylation is 1. The summed E-state index contributed by atoms with van der Waals surface area (Å²) in [5.74, 6) is 0.132. The predicted octanol–water partition coefficient (Wildman–Crippen LogP) is 1.34. The number of aromatic nitrogens is 2. The van der Waals surface area contributed by atoms with Crippen molar-refractivity contribution in [2.45, 2.75) is 13.0 Å². The molecule has 0 unspecified atom stereocenters. The summed E-state index contributed by atoms with van der Waals surface area (Å²) in [6.07, 6.45) is 2.97. The average molecular weight is 245 g/mol. The van der Waals surface area contributed by atoms with Crippen molar-refractivity contribution in [3.63, 3.8) is 0 Å². The molecule has 1 aromatic carbocycles. The minimum absolute atomic E-state index is 0.490. The fourth-order valence-electron chi connectivity index (χ4n) is 1.62. The topological polar surface area (TPSA) is 70.1 Å². The number of amides is 1. The molecule has 5 nitrogen and oxygen atoms in total. The van der Waals surface area contributed by atoms with Crippen molar-refractivity contribution < 1.29 is 9.53 Å². The number of hydrogen-bond acceptors (Lipinski definition) is 3. The molecule has 0 spiro atoms. The van der Waals surface area contributed by atoms with Crippen LogP contribution in [0.3, 0.4) is 0 Å². The lowest BCUT2D eigenvalue weighted by Crippen LogP contribution is -2.30. The zero-order chi connectivity index (χ0) is 13.1. The molecular weight excluding hydrogens is 230 g/mol. The summed E-state index contributed by atoms with van der Waals surface area (Å²) in [5.41, 5.74) is 7.02. The molecule has 1 heterocycles. The molecule has 0 bridgehead atoms. The minimum Gasteiger partial charge on any atom is -0.480 e. The molecule has 0 aliphatic rings. The van der Waals surface area contributed by atoms with Gasteiger partial charge in [-0.15, -0.1) is 0 Å². The van der Waals surface area contributed by atoms with Crippen LogP contribution in [0.25, 0.3) is 11.1 Å². The maximum absolute atomic E-state index is 11.0. The Morgan fingerprint density at radius 3 is 2.78 bits per heavy atom. The summed E-state index contributed by atoms with van der Waals surface area (Å²) in [6, 6.07) is 7.48. The number of carbonyl (C=O) groups is 1. The molecular formula is C13H15N3O2. The van der Waals surface area contributed by atoms with E-state index in [1.807, 2.05) is 37.5 Å². The molecule has 18 heavy (non-hydrogen) atoms. The Morgan fingerprint density at radius 1 is 1.44 bits per heavy atom. The lowest BCUT2D eigenvalue weighted by molar-refractivity contribution is -0.123. The summed E-state index contributed by atoms with van der Waals surface area (Å²) in [6.45, 7) is 1.63. The largest absolute Gasteiger partial charge is 0.480 e. The fraction of sp³-hybridized carbons (Fsp3) is 0.231. The van der Waals surface area contributed by atoms with Gasteiger partial charge in [-0.1, -0.05) is 18.2 Å². The first-order chi connectivity index (χ1) is 8.58. The standard InChI is InChI=1S/C13H15N3O2/c1-9(13(14)17)18-12-6-4-3-5-11(12)10-7-15-16(2)8-10/h3-9H,1-2H3,(H2,14,17)/t9-/m0/s1. The van der Waals surface area contributed by atoms with E-state index in [0.717, 1.165) is 11.1 Å². The van der Waals surface area contributed by atoms with Crippen LogP contribution in [0.5, 0.6) is 5.75 Å². The first-order valence-corrected chi connectivity index (χ1v) is 5.62. The number of nitrogens with two attached hydrogens (primary N) is 1. The van der Waals surface area contributed by atoms with Gasteiger partial charge in [-0.3, -0.25) is 9.48 Å². The Bertz CT molecular complexity index is 563. The van der Waals surface area contributed by atoms with Crippen LogP contribution < -0.4 is 10.5 Å². The van der Waals surface area contributed by atoms with Crippen molar-refractivity contribution in [1.29, 1.82) is 0 Å². The highest BCUT2D eigenvalue weighted by Crippen LogP contribution is 2.29. The SMILES string of the molecule is C[C@H](Oc1ccccc1-c1cnn(C)c1)C(N)=O. The second-order valence-electron chi connectivity index (χ2n) is 4.06. The molecule has 0 radical (unpaired) electrons. The van der Waals surface area contributed by atoms with Gasteiger partial charge in [0.1, 0.15) is 5.75 Å². The number of carbonyl (C=O) groups excluding carboxylic acids is 1. The monoisotopic (exact) mass is 245 g/mol. The average Bonchev–Trinajstić information content (AvgIpc) is 2.76. The van der Waals surface area contributed by atoms with E-state index in [9.17, 15) is 4.79 Å². The van der Waals surface area contributed by atoms with Crippen LogP contribution in [-0.4, -0.2) is 21.8 Å². The molecule has 94 valence electrons. The first kappa shape index (κ1) is 12.2. The maximum Gasteiger partial charge on any atom is 0.258 e. The van der Waals surface area contributed by atoms with E-state index in [1.54, 1.807) is 17.8 Å². The normalized spacial score (nSPS) is 12.1. The fourth-order valence-corrected chi connectivity index (χ4v) is 1.62. The maximum atomic E-state index is 11.0. The quantitative estimate of drug-likeness (QED) is 0.883. The minimum atomic E-state index is -0.664. The predicted molar refractivity (Wildman–Crippen MR) is 67.9 cm³/mol. The highest BCUT2D eigenvalue weighted by molar-refractivity contribution is 5.79. The van der Waals surface area contributed by atoms with Gasteiger partial charge in [0, 0.05) is 24.4 Å². The number of para-hydroxylation sites is 1. The van der Waals surface area contributed by atoms with Crippen molar-refractivity contribution in [3.8, 4) is 16.9 Å². The van der Waals surface area contributed by atoms with E-state index < -0.39 is 12.0 Å². The third-order valence-electron chi connectivity index (χ3n) is 2.61.